The highest BCUT2D eigenvalue weighted by Gasteiger charge is 2.18. The Labute approximate surface area is 141 Å². The zero-order chi connectivity index (χ0) is 16.5. The van der Waals surface area contributed by atoms with Gasteiger partial charge in [0.2, 0.25) is 5.88 Å². The Morgan fingerprint density at radius 1 is 1.43 bits per heavy atom. The van der Waals surface area contributed by atoms with E-state index in [9.17, 15) is 4.79 Å². The molecular formula is C16H24N2O4S. The fourth-order valence-corrected chi connectivity index (χ4v) is 3.30. The first kappa shape index (κ1) is 18.0. The SMILES string of the molecule is CCOC(CNC(=O)c1ccnc(O[C@@H]2CCSC2)c1)OCC. The van der Waals surface area contributed by atoms with Gasteiger partial charge in [-0.25, -0.2) is 4.98 Å². The van der Waals surface area contributed by atoms with Crippen LogP contribution in [0, 0.1) is 0 Å². The monoisotopic (exact) mass is 340 g/mol. The van der Waals surface area contributed by atoms with Crippen LogP contribution in [0.25, 0.3) is 0 Å². The van der Waals surface area contributed by atoms with Crippen molar-refractivity contribution in [2.45, 2.75) is 32.7 Å². The van der Waals surface area contributed by atoms with Crippen molar-refractivity contribution in [3.8, 4) is 5.88 Å². The van der Waals surface area contributed by atoms with E-state index >= 15 is 0 Å². The molecule has 0 bridgehead atoms. The molecule has 1 aromatic rings. The highest BCUT2D eigenvalue weighted by Crippen LogP contribution is 2.22. The number of amides is 1. The lowest BCUT2D eigenvalue weighted by atomic mass is 10.2. The van der Waals surface area contributed by atoms with E-state index in [1.807, 2.05) is 25.6 Å². The molecule has 0 saturated carbocycles. The van der Waals surface area contributed by atoms with Gasteiger partial charge in [-0.15, -0.1) is 0 Å². The minimum Gasteiger partial charge on any atom is -0.473 e. The van der Waals surface area contributed by atoms with E-state index in [2.05, 4.69) is 10.3 Å². The fraction of sp³-hybridized carbons (Fsp3) is 0.625. The Kier molecular flexibility index (Phi) is 7.64. The largest absolute Gasteiger partial charge is 0.473 e. The molecule has 1 aliphatic rings. The lowest BCUT2D eigenvalue weighted by molar-refractivity contribution is -0.131. The molecule has 7 heteroatoms. The van der Waals surface area contributed by atoms with Crippen LogP contribution < -0.4 is 10.1 Å². The Morgan fingerprint density at radius 2 is 2.22 bits per heavy atom. The third kappa shape index (κ3) is 6.01. The molecule has 1 aliphatic heterocycles. The van der Waals surface area contributed by atoms with E-state index in [1.165, 1.54) is 0 Å². The molecule has 128 valence electrons. The number of ether oxygens (including phenoxy) is 3. The van der Waals surface area contributed by atoms with Crippen molar-refractivity contribution in [1.82, 2.24) is 10.3 Å². The number of rotatable bonds is 9. The average Bonchev–Trinajstić information content (AvgIpc) is 3.06. The van der Waals surface area contributed by atoms with Gasteiger partial charge in [0.25, 0.3) is 5.91 Å². The Balaban J connectivity index is 1.88. The second kappa shape index (κ2) is 9.75. The molecule has 1 saturated heterocycles. The van der Waals surface area contributed by atoms with Crippen LogP contribution in [0.4, 0.5) is 0 Å². The van der Waals surface area contributed by atoms with Crippen molar-refractivity contribution in [1.29, 1.82) is 0 Å². The summed E-state index contributed by atoms with van der Waals surface area (Å²) in [6.45, 7) is 5.15. The van der Waals surface area contributed by atoms with Gasteiger partial charge in [0.05, 0.1) is 6.54 Å². The van der Waals surface area contributed by atoms with Crippen LogP contribution in [0.1, 0.15) is 30.6 Å². The molecule has 1 amide bonds. The van der Waals surface area contributed by atoms with E-state index in [0.717, 1.165) is 17.9 Å². The van der Waals surface area contributed by atoms with E-state index in [4.69, 9.17) is 14.2 Å². The Hall–Kier alpha value is -1.31. The number of nitrogens with one attached hydrogen (secondary N) is 1. The van der Waals surface area contributed by atoms with Gasteiger partial charge in [-0.05, 0) is 32.1 Å². The van der Waals surface area contributed by atoms with Gasteiger partial charge in [0, 0.05) is 36.8 Å². The first-order chi connectivity index (χ1) is 11.2. The molecule has 6 nitrogen and oxygen atoms in total. The van der Waals surface area contributed by atoms with Gasteiger partial charge in [-0.1, -0.05) is 0 Å². The first-order valence-electron chi connectivity index (χ1n) is 7.94. The molecule has 0 aliphatic carbocycles. The molecule has 1 atom stereocenters. The summed E-state index contributed by atoms with van der Waals surface area (Å²) in [4.78, 5) is 16.4. The first-order valence-corrected chi connectivity index (χ1v) is 9.10. The van der Waals surface area contributed by atoms with Crippen molar-refractivity contribution >= 4 is 17.7 Å². The summed E-state index contributed by atoms with van der Waals surface area (Å²) in [5, 5.41) is 2.81. The number of pyridine rings is 1. The molecule has 0 radical (unpaired) electrons. The van der Waals surface area contributed by atoms with Gasteiger partial charge < -0.3 is 19.5 Å². The van der Waals surface area contributed by atoms with Gasteiger partial charge in [0.1, 0.15) is 6.10 Å². The number of thioether (sulfide) groups is 1. The summed E-state index contributed by atoms with van der Waals surface area (Å²) in [6, 6.07) is 3.34. The fourth-order valence-electron chi connectivity index (χ4n) is 2.21. The van der Waals surface area contributed by atoms with Crippen molar-refractivity contribution in [3.63, 3.8) is 0 Å². The van der Waals surface area contributed by atoms with Crippen LogP contribution in [-0.2, 0) is 9.47 Å². The van der Waals surface area contributed by atoms with Crippen LogP contribution in [0.3, 0.4) is 0 Å². The molecule has 1 aromatic heterocycles. The van der Waals surface area contributed by atoms with E-state index < -0.39 is 6.29 Å². The normalized spacial score (nSPS) is 17.4. The van der Waals surface area contributed by atoms with Crippen LogP contribution >= 0.6 is 11.8 Å². The predicted octanol–water partition coefficient (Wildman–Crippen LogP) is 2.09. The van der Waals surface area contributed by atoms with Crippen LogP contribution in [0.15, 0.2) is 18.3 Å². The molecule has 2 rings (SSSR count). The molecule has 1 fully saturated rings. The number of hydrogen-bond acceptors (Lipinski definition) is 6. The van der Waals surface area contributed by atoms with Crippen molar-refractivity contribution in [2.24, 2.45) is 0 Å². The molecule has 23 heavy (non-hydrogen) atoms. The quantitative estimate of drug-likeness (QED) is 0.694. The van der Waals surface area contributed by atoms with Gasteiger partial charge in [-0.3, -0.25) is 4.79 Å². The third-order valence-corrected chi connectivity index (χ3v) is 4.44. The highest BCUT2D eigenvalue weighted by molar-refractivity contribution is 7.99. The predicted molar refractivity (Wildman–Crippen MR) is 90.0 cm³/mol. The molecular weight excluding hydrogens is 316 g/mol. The van der Waals surface area contributed by atoms with E-state index in [-0.39, 0.29) is 12.0 Å². The van der Waals surface area contributed by atoms with Crippen LogP contribution in [0.5, 0.6) is 5.88 Å². The zero-order valence-electron chi connectivity index (χ0n) is 13.6. The maximum atomic E-state index is 12.2. The second-order valence-electron chi connectivity index (χ2n) is 5.04. The minimum absolute atomic E-state index is 0.186. The minimum atomic E-state index is -0.429. The number of nitrogens with zero attached hydrogens (tertiary/aromatic N) is 1. The average molecular weight is 340 g/mol. The maximum absolute atomic E-state index is 12.2. The van der Waals surface area contributed by atoms with E-state index in [1.54, 1.807) is 18.3 Å². The van der Waals surface area contributed by atoms with Gasteiger partial charge in [-0.2, -0.15) is 11.8 Å². The van der Waals surface area contributed by atoms with Gasteiger partial charge >= 0.3 is 0 Å². The summed E-state index contributed by atoms with van der Waals surface area (Å²) in [6.07, 6.45) is 2.37. The summed E-state index contributed by atoms with van der Waals surface area (Å²) >= 11 is 1.87. The standard InChI is InChI=1S/C16H24N2O4S/c1-3-20-15(21-4-2)10-18-16(19)12-5-7-17-14(9-12)22-13-6-8-23-11-13/h5,7,9,13,15H,3-4,6,8,10-11H2,1-2H3,(H,18,19)/t13-/m1/s1. The molecule has 1 N–H and O–H groups in total. The number of carbonyl (C=O) groups is 1. The topological polar surface area (TPSA) is 69.7 Å². The molecule has 0 aromatic carbocycles. The van der Waals surface area contributed by atoms with Crippen LogP contribution in [0.2, 0.25) is 0 Å². The molecule has 0 spiro atoms. The van der Waals surface area contributed by atoms with E-state index in [0.29, 0.717) is 31.2 Å². The smallest absolute Gasteiger partial charge is 0.251 e. The van der Waals surface area contributed by atoms with Crippen molar-refractivity contribution in [2.75, 3.05) is 31.3 Å². The Morgan fingerprint density at radius 3 is 2.87 bits per heavy atom. The van der Waals surface area contributed by atoms with Crippen molar-refractivity contribution in [3.05, 3.63) is 23.9 Å². The highest BCUT2D eigenvalue weighted by atomic mass is 32.2. The zero-order valence-corrected chi connectivity index (χ0v) is 14.4. The summed E-state index contributed by atoms with van der Waals surface area (Å²) in [7, 11) is 0. The summed E-state index contributed by atoms with van der Waals surface area (Å²) < 4.78 is 16.6. The number of aromatic nitrogens is 1. The summed E-state index contributed by atoms with van der Waals surface area (Å²) in [5.74, 6) is 2.39. The second-order valence-corrected chi connectivity index (χ2v) is 6.19. The lowest BCUT2D eigenvalue weighted by Gasteiger charge is -2.17. The Bertz CT molecular complexity index is 489. The third-order valence-electron chi connectivity index (χ3n) is 3.31. The maximum Gasteiger partial charge on any atom is 0.251 e. The van der Waals surface area contributed by atoms with Crippen molar-refractivity contribution < 1.29 is 19.0 Å². The summed E-state index contributed by atoms with van der Waals surface area (Å²) in [5.41, 5.74) is 0.521. The lowest BCUT2D eigenvalue weighted by Crippen LogP contribution is -2.35. The van der Waals surface area contributed by atoms with Gasteiger partial charge in [0.15, 0.2) is 6.29 Å². The number of carbonyl (C=O) groups excluding carboxylic acids is 1. The molecule has 0 unspecified atom stereocenters. The number of hydrogen-bond donors (Lipinski definition) is 1. The van der Waals surface area contributed by atoms with Crippen LogP contribution in [-0.4, -0.2) is 54.5 Å². The molecule has 2 heterocycles.